The Morgan fingerprint density at radius 2 is 2.14 bits per heavy atom. The zero-order valence-electron chi connectivity index (χ0n) is 11.4. The lowest BCUT2D eigenvalue weighted by Gasteiger charge is -2.07. The zero-order valence-corrected chi connectivity index (χ0v) is 13.0. The molecule has 1 aromatic carbocycles. The largest absolute Gasteiger partial charge is 0.351 e. The fourth-order valence-electron chi connectivity index (χ4n) is 1.69. The number of hydrogen-bond donors (Lipinski definition) is 2. The van der Waals surface area contributed by atoms with Gasteiger partial charge in [-0.2, -0.15) is 16.6 Å². The first-order chi connectivity index (χ1) is 10.6. The Balaban J connectivity index is 1.80. The number of halogens is 1. The molecular formula is C15H12ClN3O2S. The van der Waals surface area contributed by atoms with Gasteiger partial charge < -0.3 is 10.6 Å². The van der Waals surface area contributed by atoms with Gasteiger partial charge in [0.15, 0.2) is 0 Å². The number of nitriles is 1. The third-order valence-electron chi connectivity index (χ3n) is 2.79. The first-order valence-electron chi connectivity index (χ1n) is 6.40. The van der Waals surface area contributed by atoms with Crippen molar-refractivity contribution in [2.24, 2.45) is 0 Å². The van der Waals surface area contributed by atoms with Crippen LogP contribution >= 0.6 is 22.9 Å². The molecule has 0 bridgehead atoms. The van der Waals surface area contributed by atoms with E-state index in [1.807, 2.05) is 11.4 Å². The lowest BCUT2D eigenvalue weighted by atomic mass is 10.2. The van der Waals surface area contributed by atoms with Crippen LogP contribution in [0.5, 0.6) is 0 Å². The van der Waals surface area contributed by atoms with Crippen LogP contribution in [0.2, 0.25) is 5.02 Å². The summed E-state index contributed by atoms with van der Waals surface area (Å²) in [5.74, 6) is -0.443. The molecule has 0 aliphatic carbocycles. The molecule has 112 valence electrons. The molecule has 0 atom stereocenters. The molecule has 0 unspecified atom stereocenters. The highest BCUT2D eigenvalue weighted by molar-refractivity contribution is 7.08. The number of amides is 2. The molecule has 0 radical (unpaired) electrons. The predicted molar refractivity (Wildman–Crippen MR) is 86.1 cm³/mol. The molecule has 0 spiro atoms. The average Bonchev–Trinajstić information content (AvgIpc) is 3.01. The summed E-state index contributed by atoms with van der Waals surface area (Å²) in [4.78, 5) is 23.5. The fourth-order valence-corrected chi connectivity index (χ4v) is 2.55. The Labute approximate surface area is 136 Å². The maximum atomic E-state index is 11.8. The molecule has 2 amide bonds. The Hall–Kier alpha value is -2.36. The molecule has 2 aromatic rings. The molecular weight excluding hydrogens is 322 g/mol. The summed E-state index contributed by atoms with van der Waals surface area (Å²) in [7, 11) is 0. The number of anilines is 1. The molecule has 1 aromatic heterocycles. The molecule has 0 saturated heterocycles. The van der Waals surface area contributed by atoms with Crippen LogP contribution in [0, 0.1) is 11.3 Å². The molecule has 22 heavy (non-hydrogen) atoms. The number of carbonyl (C=O) groups excluding carboxylic acids is 2. The summed E-state index contributed by atoms with van der Waals surface area (Å²) in [6.07, 6.45) is 0.146. The lowest BCUT2D eigenvalue weighted by molar-refractivity contribution is -0.116. The highest BCUT2D eigenvalue weighted by atomic mass is 35.5. The van der Waals surface area contributed by atoms with E-state index in [-0.39, 0.29) is 29.8 Å². The Kier molecular flexibility index (Phi) is 5.53. The number of thiophene rings is 1. The highest BCUT2D eigenvalue weighted by Gasteiger charge is 2.08. The van der Waals surface area contributed by atoms with Crippen molar-refractivity contribution in [2.75, 3.05) is 11.9 Å². The van der Waals surface area contributed by atoms with Gasteiger partial charge >= 0.3 is 0 Å². The normalized spacial score (nSPS) is 9.82. The first kappa shape index (κ1) is 16.0. The molecule has 0 aliphatic heterocycles. The number of hydrogen-bond acceptors (Lipinski definition) is 4. The molecule has 2 rings (SSSR count). The Morgan fingerprint density at radius 3 is 2.77 bits per heavy atom. The SMILES string of the molecule is N#Cc1ccc(NC(=O)CCNC(=O)c2ccsc2)cc1Cl. The molecule has 7 heteroatoms. The maximum Gasteiger partial charge on any atom is 0.252 e. The van der Waals surface area contributed by atoms with Gasteiger partial charge in [-0.3, -0.25) is 9.59 Å². The number of nitrogens with zero attached hydrogens (tertiary/aromatic N) is 1. The van der Waals surface area contributed by atoms with E-state index >= 15 is 0 Å². The van der Waals surface area contributed by atoms with Gasteiger partial charge in [-0.25, -0.2) is 0 Å². The van der Waals surface area contributed by atoms with Crippen molar-refractivity contribution >= 4 is 40.4 Å². The zero-order chi connectivity index (χ0) is 15.9. The number of carbonyl (C=O) groups is 2. The molecule has 0 fully saturated rings. The quantitative estimate of drug-likeness (QED) is 0.882. The lowest BCUT2D eigenvalue weighted by Crippen LogP contribution is -2.27. The number of benzene rings is 1. The minimum atomic E-state index is -0.244. The van der Waals surface area contributed by atoms with Crippen molar-refractivity contribution in [3.63, 3.8) is 0 Å². The second-order valence-corrected chi connectivity index (χ2v) is 5.56. The number of nitrogens with one attached hydrogen (secondary N) is 2. The van der Waals surface area contributed by atoms with Gasteiger partial charge in [0.1, 0.15) is 6.07 Å². The third-order valence-corrected chi connectivity index (χ3v) is 3.79. The second kappa shape index (κ2) is 7.59. The average molecular weight is 334 g/mol. The topological polar surface area (TPSA) is 82.0 Å². The van der Waals surface area contributed by atoms with Gasteiger partial charge in [-0.15, -0.1) is 0 Å². The van der Waals surface area contributed by atoms with Crippen molar-refractivity contribution in [3.05, 3.63) is 51.2 Å². The summed E-state index contributed by atoms with van der Waals surface area (Å²) in [6.45, 7) is 0.241. The fraction of sp³-hybridized carbons (Fsp3) is 0.133. The highest BCUT2D eigenvalue weighted by Crippen LogP contribution is 2.20. The van der Waals surface area contributed by atoms with Crippen LogP contribution in [0.15, 0.2) is 35.0 Å². The van der Waals surface area contributed by atoms with Crippen LogP contribution in [0.3, 0.4) is 0 Å². The van der Waals surface area contributed by atoms with Gasteiger partial charge in [0, 0.05) is 29.6 Å². The van der Waals surface area contributed by atoms with Crippen LogP contribution in [-0.4, -0.2) is 18.4 Å². The van der Waals surface area contributed by atoms with Gasteiger partial charge in [0.05, 0.1) is 10.6 Å². The van der Waals surface area contributed by atoms with Crippen molar-refractivity contribution in [1.82, 2.24) is 5.32 Å². The van der Waals surface area contributed by atoms with Crippen molar-refractivity contribution in [3.8, 4) is 6.07 Å². The van der Waals surface area contributed by atoms with E-state index in [2.05, 4.69) is 10.6 Å². The van der Waals surface area contributed by atoms with Gasteiger partial charge in [0.2, 0.25) is 5.91 Å². The minimum Gasteiger partial charge on any atom is -0.351 e. The summed E-state index contributed by atoms with van der Waals surface area (Å²) in [5, 5.41) is 17.9. The predicted octanol–water partition coefficient (Wildman–Crippen LogP) is 3.03. The first-order valence-corrected chi connectivity index (χ1v) is 7.72. The molecule has 0 saturated carbocycles. The van der Waals surface area contributed by atoms with Crippen molar-refractivity contribution in [1.29, 1.82) is 5.26 Å². The van der Waals surface area contributed by atoms with E-state index < -0.39 is 0 Å². The summed E-state index contributed by atoms with van der Waals surface area (Å²) in [5.41, 5.74) is 1.45. The second-order valence-electron chi connectivity index (χ2n) is 4.37. The Bertz CT molecular complexity index is 723. The van der Waals surface area contributed by atoms with E-state index in [0.29, 0.717) is 16.8 Å². The van der Waals surface area contributed by atoms with E-state index in [1.165, 1.54) is 23.5 Å². The van der Waals surface area contributed by atoms with E-state index in [4.69, 9.17) is 16.9 Å². The summed E-state index contributed by atoms with van der Waals surface area (Å²) < 4.78 is 0. The van der Waals surface area contributed by atoms with Crippen LogP contribution in [0.1, 0.15) is 22.3 Å². The molecule has 5 nitrogen and oxygen atoms in total. The summed E-state index contributed by atoms with van der Waals surface area (Å²) >= 11 is 7.32. The van der Waals surface area contributed by atoms with Crippen LogP contribution in [0.25, 0.3) is 0 Å². The van der Waals surface area contributed by atoms with Gasteiger partial charge in [-0.05, 0) is 29.6 Å². The minimum absolute atomic E-state index is 0.146. The third kappa shape index (κ3) is 4.32. The smallest absolute Gasteiger partial charge is 0.252 e. The van der Waals surface area contributed by atoms with Gasteiger partial charge in [0.25, 0.3) is 5.91 Å². The van der Waals surface area contributed by atoms with Gasteiger partial charge in [-0.1, -0.05) is 11.6 Å². The molecule has 2 N–H and O–H groups in total. The van der Waals surface area contributed by atoms with E-state index in [1.54, 1.807) is 17.5 Å². The standard InChI is InChI=1S/C15H12ClN3O2S/c16-13-7-12(2-1-10(13)8-17)19-14(20)3-5-18-15(21)11-4-6-22-9-11/h1-2,4,6-7,9H,3,5H2,(H,18,21)(H,19,20). The molecule has 1 heterocycles. The Morgan fingerprint density at radius 1 is 1.32 bits per heavy atom. The van der Waals surface area contributed by atoms with Crippen LogP contribution in [0.4, 0.5) is 5.69 Å². The maximum absolute atomic E-state index is 11.8. The van der Waals surface area contributed by atoms with Crippen molar-refractivity contribution in [2.45, 2.75) is 6.42 Å². The number of rotatable bonds is 5. The molecule has 0 aliphatic rings. The summed E-state index contributed by atoms with van der Waals surface area (Å²) in [6, 6.07) is 8.32. The van der Waals surface area contributed by atoms with Crippen LogP contribution in [-0.2, 0) is 4.79 Å². The van der Waals surface area contributed by atoms with E-state index in [0.717, 1.165) is 0 Å². The van der Waals surface area contributed by atoms with E-state index in [9.17, 15) is 9.59 Å². The van der Waals surface area contributed by atoms with Crippen LogP contribution < -0.4 is 10.6 Å². The monoisotopic (exact) mass is 333 g/mol. The van der Waals surface area contributed by atoms with Crippen molar-refractivity contribution < 1.29 is 9.59 Å².